The molecule has 1 aromatic heterocycles. The summed E-state index contributed by atoms with van der Waals surface area (Å²) in [5.41, 5.74) is 8.69. The van der Waals surface area contributed by atoms with Gasteiger partial charge in [0.25, 0.3) is 5.91 Å². The smallest absolute Gasteiger partial charge is 0.258 e. The molecular formula is C16H22N4O2. The van der Waals surface area contributed by atoms with Gasteiger partial charge in [0, 0.05) is 19.6 Å². The van der Waals surface area contributed by atoms with E-state index in [2.05, 4.69) is 10.4 Å². The molecule has 0 saturated carbocycles. The Morgan fingerprint density at radius 2 is 2.05 bits per heavy atom. The Labute approximate surface area is 130 Å². The lowest BCUT2D eigenvalue weighted by Crippen LogP contribution is -2.35. The van der Waals surface area contributed by atoms with Gasteiger partial charge in [0.2, 0.25) is 0 Å². The summed E-state index contributed by atoms with van der Waals surface area (Å²) in [5, 5.41) is 7.02. The van der Waals surface area contributed by atoms with Gasteiger partial charge in [0.05, 0.1) is 5.69 Å². The zero-order valence-electron chi connectivity index (χ0n) is 13.2. The quantitative estimate of drug-likeness (QED) is 0.841. The number of carbonyl (C=O) groups is 1. The molecule has 1 amide bonds. The first kappa shape index (κ1) is 16.0. The number of rotatable bonds is 6. The van der Waals surface area contributed by atoms with Crippen LogP contribution in [0, 0.1) is 13.8 Å². The number of hydrogen-bond donors (Lipinski definition) is 2. The minimum Gasteiger partial charge on any atom is -0.480 e. The molecule has 2 aromatic rings. The van der Waals surface area contributed by atoms with Crippen LogP contribution in [0.2, 0.25) is 0 Å². The zero-order chi connectivity index (χ0) is 16.1. The molecule has 1 aromatic carbocycles. The van der Waals surface area contributed by atoms with E-state index in [-0.39, 0.29) is 18.6 Å². The molecule has 0 radical (unpaired) electrons. The van der Waals surface area contributed by atoms with Gasteiger partial charge < -0.3 is 15.8 Å². The highest BCUT2D eigenvalue weighted by atomic mass is 16.5. The Morgan fingerprint density at radius 3 is 2.64 bits per heavy atom. The summed E-state index contributed by atoms with van der Waals surface area (Å²) in [5.74, 6) is 0.457. The lowest BCUT2D eigenvalue weighted by molar-refractivity contribution is -0.123. The van der Waals surface area contributed by atoms with Crippen molar-refractivity contribution in [2.45, 2.75) is 19.9 Å². The number of amides is 1. The van der Waals surface area contributed by atoms with E-state index in [1.54, 1.807) is 4.68 Å². The first-order chi connectivity index (χ1) is 10.5. The van der Waals surface area contributed by atoms with Gasteiger partial charge in [-0.15, -0.1) is 0 Å². The van der Waals surface area contributed by atoms with E-state index in [0.717, 1.165) is 17.0 Å². The van der Waals surface area contributed by atoms with Gasteiger partial charge in [0.15, 0.2) is 12.4 Å². The highest BCUT2D eigenvalue weighted by Crippen LogP contribution is 2.21. The summed E-state index contributed by atoms with van der Waals surface area (Å²) in [4.78, 5) is 11.9. The molecule has 0 saturated heterocycles. The maximum absolute atomic E-state index is 11.9. The van der Waals surface area contributed by atoms with E-state index >= 15 is 0 Å². The SMILES string of the molecule is Cc1nn(C)c(C)c1OCC(=O)NCC(N)c1ccccc1. The molecule has 2 rings (SSSR count). The van der Waals surface area contributed by atoms with Crippen LogP contribution in [0.25, 0.3) is 0 Å². The van der Waals surface area contributed by atoms with E-state index in [0.29, 0.717) is 12.3 Å². The highest BCUT2D eigenvalue weighted by Gasteiger charge is 2.13. The van der Waals surface area contributed by atoms with Crippen LogP contribution in [0.5, 0.6) is 5.75 Å². The van der Waals surface area contributed by atoms with Crippen LogP contribution in [0.15, 0.2) is 30.3 Å². The molecule has 0 fully saturated rings. The Morgan fingerprint density at radius 1 is 1.36 bits per heavy atom. The second kappa shape index (κ2) is 7.09. The van der Waals surface area contributed by atoms with Crippen LogP contribution in [0.1, 0.15) is 23.0 Å². The summed E-state index contributed by atoms with van der Waals surface area (Å²) in [6.45, 7) is 4.08. The number of benzene rings is 1. The number of aryl methyl sites for hydroxylation is 2. The molecule has 0 bridgehead atoms. The first-order valence-corrected chi connectivity index (χ1v) is 7.19. The van der Waals surface area contributed by atoms with Gasteiger partial charge in [-0.2, -0.15) is 5.10 Å². The molecule has 0 aliphatic rings. The van der Waals surface area contributed by atoms with Crippen LogP contribution >= 0.6 is 0 Å². The van der Waals surface area contributed by atoms with Gasteiger partial charge in [-0.1, -0.05) is 30.3 Å². The topological polar surface area (TPSA) is 82.2 Å². The molecule has 1 unspecified atom stereocenters. The first-order valence-electron chi connectivity index (χ1n) is 7.19. The summed E-state index contributed by atoms with van der Waals surface area (Å²) in [6, 6.07) is 9.43. The maximum atomic E-state index is 11.9. The van der Waals surface area contributed by atoms with Crippen molar-refractivity contribution in [2.75, 3.05) is 13.2 Å². The molecule has 6 heteroatoms. The largest absolute Gasteiger partial charge is 0.480 e. The molecule has 1 heterocycles. The molecule has 0 aliphatic heterocycles. The van der Waals surface area contributed by atoms with E-state index in [4.69, 9.17) is 10.5 Å². The van der Waals surface area contributed by atoms with Gasteiger partial charge >= 0.3 is 0 Å². The minimum atomic E-state index is -0.230. The molecule has 1 atom stereocenters. The summed E-state index contributed by atoms with van der Waals surface area (Å²) >= 11 is 0. The third kappa shape index (κ3) is 3.85. The Kier molecular flexibility index (Phi) is 5.16. The van der Waals surface area contributed by atoms with E-state index in [9.17, 15) is 4.79 Å². The lowest BCUT2D eigenvalue weighted by atomic mass is 10.1. The number of nitrogens with two attached hydrogens (primary N) is 1. The summed E-state index contributed by atoms with van der Waals surface area (Å²) in [6.07, 6.45) is 0. The molecule has 6 nitrogen and oxygen atoms in total. The maximum Gasteiger partial charge on any atom is 0.258 e. The fraction of sp³-hybridized carbons (Fsp3) is 0.375. The van der Waals surface area contributed by atoms with Crippen LogP contribution in [0.3, 0.4) is 0 Å². The van der Waals surface area contributed by atoms with Crippen molar-refractivity contribution in [1.82, 2.24) is 15.1 Å². The van der Waals surface area contributed by atoms with Crippen LogP contribution < -0.4 is 15.8 Å². The van der Waals surface area contributed by atoms with E-state index < -0.39 is 0 Å². The third-order valence-corrected chi connectivity index (χ3v) is 3.54. The normalized spacial score (nSPS) is 12.0. The summed E-state index contributed by atoms with van der Waals surface area (Å²) in [7, 11) is 1.84. The fourth-order valence-electron chi connectivity index (χ4n) is 2.19. The number of ether oxygens (including phenoxy) is 1. The third-order valence-electron chi connectivity index (χ3n) is 3.54. The van der Waals surface area contributed by atoms with Crippen LogP contribution in [0.4, 0.5) is 0 Å². The molecule has 22 heavy (non-hydrogen) atoms. The minimum absolute atomic E-state index is 0.0467. The predicted molar refractivity (Wildman–Crippen MR) is 84.6 cm³/mol. The standard InChI is InChI=1S/C16H22N4O2/c1-11-16(12(2)20(3)19-11)22-10-15(21)18-9-14(17)13-7-5-4-6-8-13/h4-8,14H,9-10,17H2,1-3H3,(H,18,21). The van der Waals surface area contributed by atoms with Crippen LogP contribution in [-0.2, 0) is 11.8 Å². The van der Waals surface area contributed by atoms with E-state index in [1.165, 1.54) is 0 Å². The number of nitrogens with one attached hydrogen (secondary N) is 1. The van der Waals surface area contributed by atoms with E-state index in [1.807, 2.05) is 51.2 Å². The second-order valence-electron chi connectivity index (χ2n) is 5.23. The van der Waals surface area contributed by atoms with Crippen molar-refractivity contribution < 1.29 is 9.53 Å². The van der Waals surface area contributed by atoms with Gasteiger partial charge in [0.1, 0.15) is 5.69 Å². The number of nitrogens with zero attached hydrogens (tertiary/aromatic N) is 2. The molecule has 0 spiro atoms. The van der Waals surface area contributed by atoms with Crippen molar-refractivity contribution in [2.24, 2.45) is 12.8 Å². The fourth-order valence-corrected chi connectivity index (χ4v) is 2.19. The number of hydrogen-bond acceptors (Lipinski definition) is 4. The summed E-state index contributed by atoms with van der Waals surface area (Å²) < 4.78 is 7.28. The Bertz CT molecular complexity index is 637. The Hall–Kier alpha value is -2.34. The second-order valence-corrected chi connectivity index (χ2v) is 5.23. The Balaban J connectivity index is 1.81. The van der Waals surface area contributed by atoms with Gasteiger partial charge in [-0.25, -0.2) is 0 Å². The highest BCUT2D eigenvalue weighted by molar-refractivity contribution is 5.77. The van der Waals surface area contributed by atoms with Crippen molar-refractivity contribution in [3.8, 4) is 5.75 Å². The average Bonchev–Trinajstić information content (AvgIpc) is 2.76. The average molecular weight is 302 g/mol. The van der Waals surface area contributed by atoms with Crippen LogP contribution in [-0.4, -0.2) is 28.8 Å². The van der Waals surface area contributed by atoms with Crippen molar-refractivity contribution in [1.29, 1.82) is 0 Å². The van der Waals surface area contributed by atoms with Gasteiger partial charge in [-0.05, 0) is 19.4 Å². The van der Waals surface area contributed by atoms with Crippen molar-refractivity contribution >= 4 is 5.91 Å². The number of carbonyl (C=O) groups excluding carboxylic acids is 1. The van der Waals surface area contributed by atoms with Gasteiger partial charge in [-0.3, -0.25) is 9.48 Å². The van der Waals surface area contributed by atoms with Crippen molar-refractivity contribution in [3.63, 3.8) is 0 Å². The predicted octanol–water partition coefficient (Wildman–Crippen LogP) is 1.23. The lowest BCUT2D eigenvalue weighted by Gasteiger charge is -2.13. The molecule has 118 valence electrons. The zero-order valence-corrected chi connectivity index (χ0v) is 13.2. The molecule has 0 aliphatic carbocycles. The van der Waals surface area contributed by atoms with Crippen molar-refractivity contribution in [3.05, 3.63) is 47.3 Å². The monoisotopic (exact) mass is 302 g/mol. The molecule has 3 N–H and O–H groups in total. The molecular weight excluding hydrogens is 280 g/mol. The number of aromatic nitrogens is 2.